The van der Waals surface area contributed by atoms with Crippen LogP contribution in [-0.2, 0) is 11.2 Å². The first-order valence-electron chi connectivity index (χ1n) is 6.78. The average molecular weight is 285 g/mol. The highest BCUT2D eigenvalue weighted by Gasteiger charge is 2.09. The Morgan fingerprint density at radius 1 is 1.05 bits per heavy atom. The van der Waals surface area contributed by atoms with Gasteiger partial charge in [0.2, 0.25) is 5.91 Å². The number of ether oxygens (including phenoxy) is 2. The van der Waals surface area contributed by atoms with Gasteiger partial charge in [-0.2, -0.15) is 0 Å². The summed E-state index contributed by atoms with van der Waals surface area (Å²) in [6.07, 6.45) is 1.13. The summed E-state index contributed by atoms with van der Waals surface area (Å²) in [6, 6.07) is 15.2. The van der Waals surface area contributed by atoms with Gasteiger partial charge in [-0.15, -0.1) is 0 Å². The normalized spacial score (nSPS) is 10.0. The maximum absolute atomic E-state index is 12.0. The quantitative estimate of drug-likeness (QED) is 0.886. The predicted molar refractivity (Wildman–Crippen MR) is 82.9 cm³/mol. The van der Waals surface area contributed by atoms with E-state index in [0.29, 0.717) is 30.0 Å². The van der Waals surface area contributed by atoms with Gasteiger partial charge in [-0.1, -0.05) is 30.3 Å². The van der Waals surface area contributed by atoms with Crippen molar-refractivity contribution in [3.8, 4) is 11.5 Å². The molecule has 2 aromatic carbocycles. The summed E-state index contributed by atoms with van der Waals surface area (Å²) in [6.45, 7) is 0. The van der Waals surface area contributed by atoms with Crippen LogP contribution in [0.3, 0.4) is 0 Å². The summed E-state index contributed by atoms with van der Waals surface area (Å²) in [5, 5.41) is 2.86. The summed E-state index contributed by atoms with van der Waals surface area (Å²) in [4.78, 5) is 12.0. The van der Waals surface area contributed by atoms with E-state index >= 15 is 0 Å². The molecule has 0 aromatic heterocycles. The second kappa shape index (κ2) is 7.33. The Kier molecular flexibility index (Phi) is 5.21. The fourth-order valence-corrected chi connectivity index (χ4v) is 2.03. The zero-order valence-corrected chi connectivity index (χ0v) is 12.3. The van der Waals surface area contributed by atoms with Gasteiger partial charge in [-0.25, -0.2) is 0 Å². The molecule has 0 radical (unpaired) electrons. The van der Waals surface area contributed by atoms with Crippen LogP contribution in [0.1, 0.15) is 12.0 Å². The second-order valence-electron chi connectivity index (χ2n) is 4.60. The molecule has 0 saturated carbocycles. The zero-order valence-electron chi connectivity index (χ0n) is 12.3. The number of aryl methyl sites for hydroxylation is 1. The smallest absolute Gasteiger partial charge is 0.224 e. The molecule has 0 saturated heterocycles. The molecule has 0 fully saturated rings. The van der Waals surface area contributed by atoms with E-state index in [1.165, 1.54) is 0 Å². The van der Waals surface area contributed by atoms with E-state index in [2.05, 4.69) is 5.32 Å². The summed E-state index contributed by atoms with van der Waals surface area (Å²) >= 11 is 0. The van der Waals surface area contributed by atoms with Crippen molar-refractivity contribution in [3.63, 3.8) is 0 Å². The van der Waals surface area contributed by atoms with Crippen molar-refractivity contribution in [1.29, 1.82) is 0 Å². The van der Waals surface area contributed by atoms with Crippen LogP contribution < -0.4 is 14.8 Å². The van der Waals surface area contributed by atoms with Gasteiger partial charge in [0.15, 0.2) is 0 Å². The highest BCUT2D eigenvalue weighted by Crippen LogP contribution is 2.28. The lowest BCUT2D eigenvalue weighted by Gasteiger charge is -2.11. The van der Waals surface area contributed by atoms with Crippen molar-refractivity contribution in [1.82, 2.24) is 0 Å². The van der Waals surface area contributed by atoms with Crippen LogP contribution in [0.5, 0.6) is 11.5 Å². The molecule has 4 heteroatoms. The molecular weight excluding hydrogens is 266 g/mol. The van der Waals surface area contributed by atoms with E-state index in [4.69, 9.17) is 9.47 Å². The first-order chi connectivity index (χ1) is 10.2. The molecule has 21 heavy (non-hydrogen) atoms. The molecular formula is C17H19NO3. The van der Waals surface area contributed by atoms with Crippen molar-refractivity contribution in [2.45, 2.75) is 12.8 Å². The molecule has 0 heterocycles. The number of rotatable bonds is 6. The first kappa shape index (κ1) is 14.9. The van der Waals surface area contributed by atoms with E-state index < -0.39 is 0 Å². The lowest BCUT2D eigenvalue weighted by Crippen LogP contribution is -2.13. The van der Waals surface area contributed by atoms with Crippen LogP contribution in [-0.4, -0.2) is 20.1 Å². The van der Waals surface area contributed by atoms with Gasteiger partial charge in [0.1, 0.15) is 11.5 Å². The summed E-state index contributed by atoms with van der Waals surface area (Å²) in [7, 11) is 3.16. The molecule has 0 atom stereocenters. The third kappa shape index (κ3) is 4.24. The van der Waals surface area contributed by atoms with Gasteiger partial charge >= 0.3 is 0 Å². The molecule has 0 spiro atoms. The fraction of sp³-hybridized carbons (Fsp3) is 0.235. The predicted octanol–water partition coefficient (Wildman–Crippen LogP) is 3.28. The Balaban J connectivity index is 1.99. The molecule has 4 nitrogen and oxygen atoms in total. The van der Waals surface area contributed by atoms with Gasteiger partial charge < -0.3 is 14.8 Å². The molecule has 2 aromatic rings. The van der Waals surface area contributed by atoms with Crippen LogP contribution in [0.4, 0.5) is 5.69 Å². The van der Waals surface area contributed by atoms with E-state index in [1.54, 1.807) is 32.4 Å². The number of nitrogens with one attached hydrogen (secondary N) is 1. The van der Waals surface area contributed by atoms with E-state index in [1.807, 2.05) is 30.3 Å². The maximum Gasteiger partial charge on any atom is 0.224 e. The van der Waals surface area contributed by atoms with E-state index in [0.717, 1.165) is 5.56 Å². The second-order valence-corrected chi connectivity index (χ2v) is 4.60. The molecule has 0 aliphatic rings. The van der Waals surface area contributed by atoms with Gasteiger partial charge in [0.25, 0.3) is 0 Å². The number of carbonyl (C=O) groups excluding carboxylic acids is 1. The Hall–Kier alpha value is -2.49. The first-order valence-corrected chi connectivity index (χ1v) is 6.78. The molecule has 110 valence electrons. The van der Waals surface area contributed by atoms with Crippen LogP contribution in [0.2, 0.25) is 0 Å². The zero-order chi connectivity index (χ0) is 15.1. The summed E-state index contributed by atoms with van der Waals surface area (Å²) in [5.74, 6) is 1.24. The topological polar surface area (TPSA) is 47.6 Å². The number of amides is 1. The minimum Gasteiger partial charge on any atom is -0.497 e. The molecule has 0 bridgehead atoms. The third-order valence-electron chi connectivity index (χ3n) is 3.16. The van der Waals surface area contributed by atoms with Gasteiger partial charge in [0, 0.05) is 12.5 Å². The van der Waals surface area contributed by atoms with Crippen molar-refractivity contribution in [2.75, 3.05) is 19.5 Å². The number of hydrogen-bond acceptors (Lipinski definition) is 3. The standard InChI is InChI=1S/C17H19NO3/c1-20-14-9-10-16(21-2)15(12-14)18-17(19)11-8-13-6-4-3-5-7-13/h3-7,9-10,12H,8,11H2,1-2H3,(H,18,19). The van der Waals surface area contributed by atoms with Crippen molar-refractivity contribution < 1.29 is 14.3 Å². The highest BCUT2D eigenvalue weighted by molar-refractivity contribution is 5.92. The Bertz CT molecular complexity index is 596. The van der Waals surface area contributed by atoms with Gasteiger partial charge in [-0.05, 0) is 24.1 Å². The fourth-order valence-electron chi connectivity index (χ4n) is 2.03. The van der Waals surface area contributed by atoms with Crippen LogP contribution >= 0.6 is 0 Å². The molecule has 0 unspecified atom stereocenters. The summed E-state index contributed by atoms with van der Waals surface area (Å²) < 4.78 is 10.4. The third-order valence-corrected chi connectivity index (χ3v) is 3.16. The number of carbonyl (C=O) groups is 1. The minimum absolute atomic E-state index is 0.0505. The SMILES string of the molecule is COc1ccc(OC)c(NC(=O)CCc2ccccc2)c1. The maximum atomic E-state index is 12.0. The van der Waals surface area contributed by atoms with E-state index in [9.17, 15) is 4.79 Å². The van der Waals surface area contributed by atoms with E-state index in [-0.39, 0.29) is 5.91 Å². The number of anilines is 1. The molecule has 1 N–H and O–H groups in total. The summed E-state index contributed by atoms with van der Waals surface area (Å²) in [5.41, 5.74) is 1.76. The molecule has 1 amide bonds. The van der Waals surface area contributed by atoms with Crippen molar-refractivity contribution >= 4 is 11.6 Å². The molecule has 0 aliphatic carbocycles. The monoisotopic (exact) mass is 285 g/mol. The largest absolute Gasteiger partial charge is 0.497 e. The Labute approximate surface area is 124 Å². The Morgan fingerprint density at radius 3 is 2.48 bits per heavy atom. The van der Waals surface area contributed by atoms with Crippen LogP contribution in [0, 0.1) is 0 Å². The molecule has 0 aliphatic heterocycles. The van der Waals surface area contributed by atoms with Gasteiger partial charge in [-0.3, -0.25) is 4.79 Å². The number of hydrogen-bond donors (Lipinski definition) is 1. The Morgan fingerprint density at radius 2 is 1.81 bits per heavy atom. The highest BCUT2D eigenvalue weighted by atomic mass is 16.5. The lowest BCUT2D eigenvalue weighted by atomic mass is 10.1. The van der Waals surface area contributed by atoms with Crippen LogP contribution in [0.25, 0.3) is 0 Å². The van der Waals surface area contributed by atoms with Crippen molar-refractivity contribution in [3.05, 3.63) is 54.1 Å². The lowest BCUT2D eigenvalue weighted by molar-refractivity contribution is -0.116. The van der Waals surface area contributed by atoms with Crippen LogP contribution in [0.15, 0.2) is 48.5 Å². The van der Waals surface area contributed by atoms with Gasteiger partial charge in [0.05, 0.1) is 19.9 Å². The number of methoxy groups -OCH3 is 2. The molecule has 2 rings (SSSR count). The van der Waals surface area contributed by atoms with Crippen molar-refractivity contribution in [2.24, 2.45) is 0 Å². The average Bonchev–Trinajstić information content (AvgIpc) is 2.54. The number of benzene rings is 2. The minimum atomic E-state index is -0.0505.